The Bertz CT molecular complexity index is 462. The zero-order valence-corrected chi connectivity index (χ0v) is 11.9. The Morgan fingerprint density at radius 1 is 1.11 bits per heavy atom. The number of hydrogen-bond donors (Lipinski definition) is 2. The van der Waals surface area contributed by atoms with E-state index in [1.807, 2.05) is 12.1 Å². The van der Waals surface area contributed by atoms with Crippen molar-refractivity contribution in [3.63, 3.8) is 0 Å². The molecule has 0 aliphatic heterocycles. The van der Waals surface area contributed by atoms with Gasteiger partial charge in [-0.25, -0.2) is 4.98 Å². The van der Waals surface area contributed by atoms with Crippen molar-refractivity contribution in [2.45, 2.75) is 10.1 Å². The second-order valence-electron chi connectivity index (χ2n) is 3.59. The monoisotopic (exact) mass is 297 g/mol. The first-order valence-corrected chi connectivity index (χ1v) is 7.79. The van der Waals surface area contributed by atoms with Gasteiger partial charge in [-0.3, -0.25) is 5.10 Å². The Labute approximate surface area is 120 Å². The van der Waals surface area contributed by atoms with Crippen molar-refractivity contribution in [2.75, 3.05) is 24.7 Å². The van der Waals surface area contributed by atoms with E-state index < -0.39 is 0 Å². The number of nitrogens with zero attached hydrogens (tertiary/aromatic N) is 2. The van der Waals surface area contributed by atoms with Crippen LogP contribution in [0.2, 0.25) is 0 Å². The maximum atomic E-state index is 9.16. The van der Waals surface area contributed by atoms with Crippen LogP contribution in [0.25, 0.3) is 0 Å². The fourth-order valence-electron chi connectivity index (χ4n) is 1.32. The molecule has 0 saturated carbocycles. The van der Waals surface area contributed by atoms with E-state index in [1.54, 1.807) is 35.7 Å². The molecule has 19 heavy (non-hydrogen) atoms. The number of H-pyrrole nitrogens is 1. The van der Waals surface area contributed by atoms with Crippen LogP contribution in [-0.4, -0.2) is 45.0 Å². The second kappa shape index (κ2) is 8.08. The third-order valence-corrected chi connectivity index (χ3v) is 4.01. The summed E-state index contributed by atoms with van der Waals surface area (Å²) in [6.07, 6.45) is 1.50. The van der Waals surface area contributed by atoms with Crippen molar-refractivity contribution < 1.29 is 9.84 Å². The lowest BCUT2D eigenvalue weighted by Gasteiger charge is -2.03. The molecule has 2 N–H and O–H groups in total. The summed E-state index contributed by atoms with van der Waals surface area (Å²) in [5.41, 5.74) is 0. The van der Waals surface area contributed by atoms with Crippen LogP contribution in [-0.2, 0) is 4.74 Å². The molecular weight excluding hydrogens is 282 g/mol. The lowest BCUT2D eigenvalue weighted by molar-refractivity contribution is 0.167. The average Bonchev–Trinajstić information content (AvgIpc) is 2.93. The number of phenolic OH excluding ortho intramolecular Hbond substituents is 1. The maximum Gasteiger partial charge on any atom is 0.183 e. The van der Waals surface area contributed by atoms with Gasteiger partial charge in [0.05, 0.1) is 13.2 Å². The molecule has 0 aliphatic rings. The number of nitrogens with one attached hydrogen (secondary N) is 1. The van der Waals surface area contributed by atoms with E-state index in [-0.39, 0.29) is 0 Å². The second-order valence-corrected chi connectivity index (χ2v) is 5.85. The fraction of sp³-hybridized carbons (Fsp3) is 0.333. The molecular formula is C12H15N3O2S2. The number of phenols is 1. The van der Waals surface area contributed by atoms with Crippen LogP contribution in [0.4, 0.5) is 0 Å². The van der Waals surface area contributed by atoms with E-state index in [0.29, 0.717) is 19.0 Å². The maximum absolute atomic E-state index is 9.16. The Morgan fingerprint density at radius 3 is 2.53 bits per heavy atom. The molecule has 1 aromatic heterocycles. The molecule has 5 nitrogen and oxygen atoms in total. The van der Waals surface area contributed by atoms with Crippen LogP contribution in [0.15, 0.2) is 40.6 Å². The molecule has 2 aromatic rings. The third kappa shape index (κ3) is 5.54. The van der Waals surface area contributed by atoms with Crippen molar-refractivity contribution >= 4 is 23.5 Å². The van der Waals surface area contributed by atoms with Crippen molar-refractivity contribution in [2.24, 2.45) is 0 Å². The number of aromatic hydroxyl groups is 1. The van der Waals surface area contributed by atoms with Crippen molar-refractivity contribution in [3.05, 3.63) is 30.6 Å². The van der Waals surface area contributed by atoms with Crippen molar-refractivity contribution in [1.82, 2.24) is 15.2 Å². The van der Waals surface area contributed by atoms with Gasteiger partial charge in [-0.05, 0) is 24.3 Å². The lowest BCUT2D eigenvalue weighted by atomic mass is 10.3. The van der Waals surface area contributed by atoms with Gasteiger partial charge in [-0.2, -0.15) is 5.10 Å². The number of aromatic nitrogens is 3. The van der Waals surface area contributed by atoms with Crippen molar-refractivity contribution in [1.29, 1.82) is 0 Å². The molecule has 7 heteroatoms. The first-order chi connectivity index (χ1) is 9.34. The first-order valence-electron chi connectivity index (χ1n) is 5.82. The van der Waals surface area contributed by atoms with Gasteiger partial charge in [-0.15, -0.1) is 11.8 Å². The smallest absolute Gasteiger partial charge is 0.183 e. The molecule has 0 spiro atoms. The number of ether oxygens (including phenoxy) is 1. The van der Waals surface area contributed by atoms with Gasteiger partial charge in [-0.1, -0.05) is 11.8 Å². The minimum atomic E-state index is 0.296. The van der Waals surface area contributed by atoms with Crippen molar-refractivity contribution in [3.8, 4) is 5.75 Å². The number of aromatic amines is 1. The molecule has 0 fully saturated rings. The highest BCUT2D eigenvalue weighted by Crippen LogP contribution is 2.20. The van der Waals surface area contributed by atoms with E-state index in [1.165, 1.54) is 6.33 Å². The van der Waals surface area contributed by atoms with Crippen LogP contribution < -0.4 is 0 Å². The SMILES string of the molecule is Oc1ccc(SCCOCCSc2ncn[nH]2)cc1. The Kier molecular flexibility index (Phi) is 6.06. The predicted molar refractivity (Wildman–Crippen MR) is 76.8 cm³/mol. The van der Waals surface area contributed by atoms with E-state index >= 15 is 0 Å². The van der Waals surface area contributed by atoms with Crippen LogP contribution in [0.5, 0.6) is 5.75 Å². The molecule has 2 rings (SSSR count). The van der Waals surface area contributed by atoms with Gasteiger partial charge >= 0.3 is 0 Å². The molecule has 0 atom stereocenters. The number of hydrogen-bond acceptors (Lipinski definition) is 6. The summed E-state index contributed by atoms with van der Waals surface area (Å²) in [5, 5.41) is 16.5. The minimum absolute atomic E-state index is 0.296. The average molecular weight is 297 g/mol. The lowest BCUT2D eigenvalue weighted by Crippen LogP contribution is -2.01. The molecule has 0 radical (unpaired) electrons. The molecule has 0 amide bonds. The summed E-state index contributed by atoms with van der Waals surface area (Å²) in [6, 6.07) is 7.19. The van der Waals surface area contributed by atoms with Gasteiger partial charge in [0.15, 0.2) is 5.16 Å². The normalized spacial score (nSPS) is 10.7. The summed E-state index contributed by atoms with van der Waals surface area (Å²) < 4.78 is 5.52. The van der Waals surface area contributed by atoms with Crippen LogP contribution in [0.3, 0.4) is 0 Å². The largest absolute Gasteiger partial charge is 0.508 e. The fourth-order valence-corrected chi connectivity index (χ4v) is 2.72. The zero-order valence-electron chi connectivity index (χ0n) is 10.3. The quantitative estimate of drug-likeness (QED) is 0.576. The summed E-state index contributed by atoms with van der Waals surface area (Å²) in [4.78, 5) is 5.15. The molecule has 1 heterocycles. The number of benzene rings is 1. The van der Waals surface area contributed by atoms with Gasteiger partial charge < -0.3 is 9.84 Å². The van der Waals surface area contributed by atoms with Gasteiger partial charge in [0.25, 0.3) is 0 Å². The topological polar surface area (TPSA) is 71.0 Å². The Balaban J connectivity index is 1.49. The van der Waals surface area contributed by atoms with E-state index in [4.69, 9.17) is 9.84 Å². The van der Waals surface area contributed by atoms with E-state index in [9.17, 15) is 0 Å². The summed E-state index contributed by atoms with van der Waals surface area (Å²) in [5.74, 6) is 2.06. The van der Waals surface area contributed by atoms with Gasteiger partial charge in [0.2, 0.25) is 0 Å². The highest BCUT2D eigenvalue weighted by atomic mass is 32.2. The van der Waals surface area contributed by atoms with E-state index in [2.05, 4.69) is 15.2 Å². The molecule has 1 aromatic carbocycles. The standard InChI is InChI=1S/C12H15N3O2S2/c16-10-1-3-11(4-2-10)18-7-5-17-6-8-19-12-13-9-14-15-12/h1-4,9,16H,5-8H2,(H,13,14,15). The Hall–Kier alpha value is -1.18. The minimum Gasteiger partial charge on any atom is -0.508 e. The first kappa shape index (κ1) is 14.2. The number of thioether (sulfide) groups is 2. The van der Waals surface area contributed by atoms with Crippen LogP contribution in [0, 0.1) is 0 Å². The number of rotatable bonds is 8. The van der Waals surface area contributed by atoms with Gasteiger partial charge in [0.1, 0.15) is 12.1 Å². The molecule has 0 bridgehead atoms. The van der Waals surface area contributed by atoms with Crippen LogP contribution in [0.1, 0.15) is 0 Å². The summed E-state index contributed by atoms with van der Waals surface area (Å²) >= 11 is 3.31. The van der Waals surface area contributed by atoms with Crippen LogP contribution >= 0.6 is 23.5 Å². The zero-order chi connectivity index (χ0) is 13.3. The van der Waals surface area contributed by atoms with E-state index in [0.717, 1.165) is 21.6 Å². The third-order valence-electron chi connectivity index (χ3n) is 2.19. The molecule has 0 aliphatic carbocycles. The summed E-state index contributed by atoms with van der Waals surface area (Å²) in [6.45, 7) is 1.41. The highest BCUT2D eigenvalue weighted by Gasteiger charge is 1.97. The summed E-state index contributed by atoms with van der Waals surface area (Å²) in [7, 11) is 0. The molecule has 0 unspecified atom stereocenters. The highest BCUT2D eigenvalue weighted by molar-refractivity contribution is 7.99. The molecule has 0 saturated heterocycles. The Morgan fingerprint density at radius 2 is 1.84 bits per heavy atom. The predicted octanol–water partition coefficient (Wildman–Crippen LogP) is 2.41. The molecule has 102 valence electrons. The van der Waals surface area contributed by atoms with Gasteiger partial charge in [0, 0.05) is 16.4 Å².